The lowest BCUT2D eigenvalue weighted by Gasteiger charge is -2.33. The Hall–Kier alpha value is -2.18. The molecule has 140 valence electrons. The third-order valence-corrected chi connectivity index (χ3v) is 4.60. The predicted octanol–water partition coefficient (Wildman–Crippen LogP) is 2.74. The lowest BCUT2D eigenvalue weighted by Crippen LogP contribution is -2.47. The number of morpholine rings is 1. The SMILES string of the molecule is Cc1noc(C(C)C)c1C(=O)NC[C@@H]1CN(Cc2ccccc2)CCO1. The monoisotopic (exact) mass is 357 g/mol. The number of carbonyl (C=O) groups is 1. The Bertz CT molecular complexity index is 727. The number of nitrogens with zero attached hydrogens (tertiary/aromatic N) is 2. The predicted molar refractivity (Wildman–Crippen MR) is 99.1 cm³/mol. The van der Waals surface area contributed by atoms with E-state index in [1.165, 1.54) is 5.56 Å². The molecule has 0 aliphatic carbocycles. The van der Waals surface area contributed by atoms with E-state index in [2.05, 4.69) is 39.6 Å². The molecule has 26 heavy (non-hydrogen) atoms. The van der Waals surface area contributed by atoms with Gasteiger partial charge in [-0.15, -0.1) is 0 Å². The van der Waals surface area contributed by atoms with Gasteiger partial charge in [0.25, 0.3) is 5.91 Å². The van der Waals surface area contributed by atoms with Gasteiger partial charge >= 0.3 is 0 Å². The molecule has 2 aromatic rings. The first-order chi connectivity index (χ1) is 12.5. The quantitative estimate of drug-likeness (QED) is 0.861. The molecule has 1 N–H and O–H groups in total. The summed E-state index contributed by atoms with van der Waals surface area (Å²) in [6, 6.07) is 10.4. The third-order valence-electron chi connectivity index (χ3n) is 4.60. The number of rotatable bonds is 6. The van der Waals surface area contributed by atoms with Crippen molar-refractivity contribution >= 4 is 5.91 Å². The molecule has 0 spiro atoms. The van der Waals surface area contributed by atoms with Crippen LogP contribution < -0.4 is 5.32 Å². The zero-order chi connectivity index (χ0) is 18.5. The topological polar surface area (TPSA) is 67.6 Å². The van der Waals surface area contributed by atoms with Gasteiger partial charge < -0.3 is 14.6 Å². The van der Waals surface area contributed by atoms with E-state index in [4.69, 9.17) is 9.26 Å². The van der Waals surface area contributed by atoms with E-state index in [0.717, 1.165) is 19.6 Å². The zero-order valence-electron chi connectivity index (χ0n) is 15.7. The zero-order valence-corrected chi connectivity index (χ0v) is 15.7. The molecule has 1 fully saturated rings. The Morgan fingerprint density at radius 1 is 1.35 bits per heavy atom. The van der Waals surface area contributed by atoms with Gasteiger partial charge in [-0.25, -0.2) is 0 Å². The van der Waals surface area contributed by atoms with E-state index in [0.29, 0.717) is 30.2 Å². The summed E-state index contributed by atoms with van der Waals surface area (Å²) >= 11 is 0. The Labute approximate surface area is 154 Å². The van der Waals surface area contributed by atoms with Crippen LogP contribution in [0.2, 0.25) is 0 Å². The highest BCUT2D eigenvalue weighted by atomic mass is 16.5. The van der Waals surface area contributed by atoms with Gasteiger partial charge in [0.1, 0.15) is 5.56 Å². The molecule has 1 aliphatic heterocycles. The number of nitrogens with one attached hydrogen (secondary N) is 1. The van der Waals surface area contributed by atoms with E-state index in [1.807, 2.05) is 19.9 Å². The van der Waals surface area contributed by atoms with Crippen LogP contribution in [0.15, 0.2) is 34.9 Å². The number of ether oxygens (including phenoxy) is 1. The van der Waals surface area contributed by atoms with Crippen molar-refractivity contribution in [2.24, 2.45) is 0 Å². The van der Waals surface area contributed by atoms with Gasteiger partial charge in [-0.3, -0.25) is 9.69 Å². The minimum absolute atomic E-state index is 0.0147. The summed E-state index contributed by atoms with van der Waals surface area (Å²) in [4.78, 5) is 14.9. The van der Waals surface area contributed by atoms with Gasteiger partial charge in [-0.2, -0.15) is 0 Å². The first kappa shape index (κ1) is 18.6. The molecule has 0 unspecified atom stereocenters. The Kier molecular flexibility index (Phi) is 6.06. The fourth-order valence-electron chi connectivity index (χ4n) is 3.24. The molecular formula is C20H27N3O3. The highest BCUT2D eigenvalue weighted by Gasteiger charge is 2.25. The molecule has 2 heterocycles. The van der Waals surface area contributed by atoms with Crippen molar-refractivity contribution in [3.05, 3.63) is 52.9 Å². The van der Waals surface area contributed by atoms with E-state index >= 15 is 0 Å². The normalized spacial score (nSPS) is 18.2. The number of benzene rings is 1. The van der Waals surface area contributed by atoms with Gasteiger partial charge in [-0.05, 0) is 12.5 Å². The fourth-order valence-corrected chi connectivity index (χ4v) is 3.24. The van der Waals surface area contributed by atoms with E-state index in [9.17, 15) is 4.79 Å². The second kappa shape index (κ2) is 8.47. The Morgan fingerprint density at radius 3 is 2.85 bits per heavy atom. The van der Waals surface area contributed by atoms with E-state index < -0.39 is 0 Å². The molecule has 0 bridgehead atoms. The summed E-state index contributed by atoms with van der Waals surface area (Å²) in [6.07, 6.45) is -0.0147. The average molecular weight is 357 g/mol. The van der Waals surface area contributed by atoms with Crippen molar-refractivity contribution in [2.75, 3.05) is 26.2 Å². The van der Waals surface area contributed by atoms with Crippen LogP contribution in [0, 0.1) is 6.92 Å². The summed E-state index contributed by atoms with van der Waals surface area (Å²) in [5.41, 5.74) is 2.47. The largest absolute Gasteiger partial charge is 0.374 e. The standard InChI is InChI=1S/C20H27N3O3/c1-14(2)19-18(15(3)22-26-19)20(24)21-11-17-13-23(9-10-25-17)12-16-7-5-4-6-8-16/h4-8,14,17H,9-13H2,1-3H3,(H,21,24)/t17-/m1/s1. The number of hydrogen-bond donors (Lipinski definition) is 1. The Morgan fingerprint density at radius 2 is 2.12 bits per heavy atom. The summed E-state index contributed by atoms with van der Waals surface area (Å²) in [6.45, 7) is 9.53. The molecule has 1 aliphatic rings. The van der Waals surface area contributed by atoms with Crippen LogP contribution in [0.25, 0.3) is 0 Å². The molecule has 6 heteroatoms. The molecule has 3 rings (SSSR count). The van der Waals surface area contributed by atoms with Crippen molar-refractivity contribution in [3.63, 3.8) is 0 Å². The molecule has 6 nitrogen and oxygen atoms in total. The number of amides is 1. The summed E-state index contributed by atoms with van der Waals surface area (Å²) < 4.78 is 11.1. The maximum absolute atomic E-state index is 12.6. The lowest BCUT2D eigenvalue weighted by atomic mass is 10.0. The van der Waals surface area contributed by atoms with Crippen LogP contribution in [-0.4, -0.2) is 48.3 Å². The number of aromatic nitrogens is 1. The van der Waals surface area contributed by atoms with Gasteiger partial charge in [0.15, 0.2) is 5.76 Å². The molecule has 1 atom stereocenters. The first-order valence-electron chi connectivity index (χ1n) is 9.17. The van der Waals surface area contributed by atoms with Gasteiger partial charge in [0.05, 0.1) is 18.4 Å². The van der Waals surface area contributed by atoms with Gasteiger partial charge in [0, 0.05) is 32.1 Å². The molecule has 1 aromatic carbocycles. The van der Waals surface area contributed by atoms with Crippen LogP contribution in [-0.2, 0) is 11.3 Å². The maximum atomic E-state index is 12.6. The van der Waals surface area contributed by atoms with Crippen molar-refractivity contribution in [3.8, 4) is 0 Å². The van der Waals surface area contributed by atoms with E-state index in [1.54, 1.807) is 6.92 Å². The fraction of sp³-hybridized carbons (Fsp3) is 0.500. The average Bonchev–Trinajstić information content (AvgIpc) is 3.03. The third kappa shape index (κ3) is 4.51. The van der Waals surface area contributed by atoms with Crippen molar-refractivity contribution in [1.29, 1.82) is 0 Å². The molecule has 0 radical (unpaired) electrons. The van der Waals surface area contributed by atoms with Gasteiger partial charge in [-0.1, -0.05) is 49.3 Å². The second-order valence-corrected chi connectivity index (χ2v) is 7.09. The lowest BCUT2D eigenvalue weighted by molar-refractivity contribution is -0.0292. The molecule has 1 aromatic heterocycles. The second-order valence-electron chi connectivity index (χ2n) is 7.09. The Balaban J connectivity index is 1.54. The molecule has 1 saturated heterocycles. The first-order valence-corrected chi connectivity index (χ1v) is 9.17. The van der Waals surface area contributed by atoms with Crippen LogP contribution in [0.4, 0.5) is 0 Å². The summed E-state index contributed by atoms with van der Waals surface area (Å²) in [5, 5.41) is 6.92. The van der Waals surface area contributed by atoms with Crippen molar-refractivity contribution in [2.45, 2.75) is 39.3 Å². The summed E-state index contributed by atoms with van der Waals surface area (Å²) in [5.74, 6) is 0.607. The van der Waals surface area contributed by atoms with E-state index in [-0.39, 0.29) is 17.9 Å². The van der Waals surface area contributed by atoms with Gasteiger partial charge in [0.2, 0.25) is 0 Å². The van der Waals surface area contributed by atoms with Crippen LogP contribution >= 0.6 is 0 Å². The molecular weight excluding hydrogens is 330 g/mol. The number of aryl methyl sites for hydroxylation is 1. The minimum atomic E-state index is -0.142. The van der Waals surface area contributed by atoms with Crippen LogP contribution in [0.1, 0.15) is 47.1 Å². The summed E-state index contributed by atoms with van der Waals surface area (Å²) in [7, 11) is 0. The smallest absolute Gasteiger partial charge is 0.256 e. The van der Waals surface area contributed by atoms with Crippen molar-refractivity contribution < 1.29 is 14.1 Å². The van der Waals surface area contributed by atoms with Crippen molar-refractivity contribution in [1.82, 2.24) is 15.4 Å². The highest BCUT2D eigenvalue weighted by Crippen LogP contribution is 2.22. The highest BCUT2D eigenvalue weighted by molar-refractivity contribution is 5.96. The number of carbonyl (C=O) groups excluding carboxylic acids is 1. The van der Waals surface area contributed by atoms with Crippen LogP contribution in [0.3, 0.4) is 0 Å². The minimum Gasteiger partial charge on any atom is -0.374 e. The molecule has 1 amide bonds. The maximum Gasteiger partial charge on any atom is 0.256 e. The molecule has 0 saturated carbocycles. The number of hydrogen-bond acceptors (Lipinski definition) is 5. The van der Waals surface area contributed by atoms with Crippen LogP contribution in [0.5, 0.6) is 0 Å².